The summed E-state index contributed by atoms with van der Waals surface area (Å²) >= 11 is 0. The second-order valence-corrected chi connectivity index (χ2v) is 11.4. The van der Waals surface area contributed by atoms with Crippen LogP contribution in [0.5, 0.6) is 0 Å². The van der Waals surface area contributed by atoms with Crippen molar-refractivity contribution >= 4 is 34.1 Å². The SMILES string of the molecule is CC1(C)c2ccccc2N2c3cc(-c4ccccc4)ccc3N(c3ccccc3)c3c(-c4ccccc4)ccc1c32. The molecule has 0 radical (unpaired) electrons. The van der Waals surface area contributed by atoms with Gasteiger partial charge in [0.1, 0.15) is 0 Å². The summed E-state index contributed by atoms with van der Waals surface area (Å²) in [4.78, 5) is 5.00. The van der Waals surface area contributed by atoms with Crippen LogP contribution in [0.1, 0.15) is 25.0 Å². The van der Waals surface area contributed by atoms with Crippen LogP contribution >= 0.6 is 0 Å². The molecular weight excluding hydrogens is 496 g/mol. The second-order valence-electron chi connectivity index (χ2n) is 11.4. The van der Waals surface area contributed by atoms with Crippen molar-refractivity contribution in [2.75, 3.05) is 9.80 Å². The molecular formula is C39H30N2. The smallest absolute Gasteiger partial charge is 0.0785 e. The van der Waals surface area contributed by atoms with Gasteiger partial charge >= 0.3 is 0 Å². The van der Waals surface area contributed by atoms with Crippen molar-refractivity contribution in [3.05, 3.63) is 157 Å². The third kappa shape index (κ3) is 3.50. The minimum Gasteiger partial charge on any atom is -0.306 e. The Balaban J connectivity index is 1.52. The van der Waals surface area contributed by atoms with Gasteiger partial charge in [-0.05, 0) is 58.1 Å². The van der Waals surface area contributed by atoms with Gasteiger partial charge in [0, 0.05) is 16.7 Å². The molecule has 6 aromatic carbocycles. The van der Waals surface area contributed by atoms with E-state index < -0.39 is 0 Å². The van der Waals surface area contributed by atoms with Crippen molar-refractivity contribution in [1.82, 2.24) is 0 Å². The molecule has 2 aliphatic heterocycles. The van der Waals surface area contributed by atoms with Crippen LogP contribution in [0.4, 0.5) is 34.1 Å². The molecule has 0 fully saturated rings. The minimum atomic E-state index is -0.163. The van der Waals surface area contributed by atoms with E-state index >= 15 is 0 Å². The average molecular weight is 527 g/mol. The molecule has 0 saturated heterocycles. The van der Waals surface area contributed by atoms with E-state index in [1.165, 1.54) is 61.8 Å². The quantitative estimate of drug-likeness (QED) is 0.226. The summed E-state index contributed by atoms with van der Waals surface area (Å²) in [6, 6.07) is 52.9. The van der Waals surface area contributed by atoms with Crippen LogP contribution < -0.4 is 9.80 Å². The summed E-state index contributed by atoms with van der Waals surface area (Å²) in [5.41, 5.74) is 14.6. The van der Waals surface area contributed by atoms with Crippen LogP contribution in [0.3, 0.4) is 0 Å². The summed E-state index contributed by atoms with van der Waals surface area (Å²) < 4.78 is 0. The van der Waals surface area contributed by atoms with Gasteiger partial charge in [-0.25, -0.2) is 0 Å². The lowest BCUT2D eigenvalue weighted by Gasteiger charge is -2.49. The van der Waals surface area contributed by atoms with Crippen LogP contribution in [-0.2, 0) is 5.41 Å². The van der Waals surface area contributed by atoms with Crippen LogP contribution in [0.2, 0.25) is 0 Å². The van der Waals surface area contributed by atoms with E-state index in [0.29, 0.717) is 0 Å². The van der Waals surface area contributed by atoms with Crippen molar-refractivity contribution in [2.45, 2.75) is 19.3 Å². The fourth-order valence-electron chi connectivity index (χ4n) is 6.77. The highest BCUT2D eigenvalue weighted by Gasteiger charge is 2.43. The zero-order valence-corrected chi connectivity index (χ0v) is 23.3. The first-order chi connectivity index (χ1) is 20.1. The van der Waals surface area contributed by atoms with Crippen molar-refractivity contribution in [3.8, 4) is 22.3 Å². The third-order valence-electron chi connectivity index (χ3n) is 8.75. The third-order valence-corrected chi connectivity index (χ3v) is 8.75. The molecule has 0 bridgehead atoms. The first kappa shape index (κ1) is 23.8. The van der Waals surface area contributed by atoms with E-state index in [9.17, 15) is 0 Å². The van der Waals surface area contributed by atoms with Gasteiger partial charge in [0.25, 0.3) is 0 Å². The summed E-state index contributed by atoms with van der Waals surface area (Å²) in [7, 11) is 0. The zero-order chi connectivity index (χ0) is 27.6. The Labute approximate surface area is 241 Å². The molecule has 0 unspecified atom stereocenters. The lowest BCUT2D eigenvalue weighted by Crippen LogP contribution is -2.35. The molecule has 0 N–H and O–H groups in total. The van der Waals surface area contributed by atoms with Crippen LogP contribution in [-0.4, -0.2) is 0 Å². The summed E-state index contributed by atoms with van der Waals surface area (Å²) in [5, 5.41) is 0. The van der Waals surface area contributed by atoms with E-state index in [0.717, 1.165) is 5.69 Å². The molecule has 2 aliphatic rings. The van der Waals surface area contributed by atoms with Crippen LogP contribution in [0.15, 0.2) is 146 Å². The predicted molar refractivity (Wildman–Crippen MR) is 172 cm³/mol. The molecule has 0 amide bonds. The van der Waals surface area contributed by atoms with E-state index in [1.807, 2.05) is 0 Å². The lowest BCUT2D eigenvalue weighted by atomic mass is 9.72. The lowest BCUT2D eigenvalue weighted by molar-refractivity contribution is 0.631. The van der Waals surface area contributed by atoms with Crippen molar-refractivity contribution in [3.63, 3.8) is 0 Å². The van der Waals surface area contributed by atoms with E-state index in [2.05, 4.69) is 169 Å². The number of para-hydroxylation sites is 2. The highest BCUT2D eigenvalue weighted by atomic mass is 15.3. The van der Waals surface area contributed by atoms with E-state index in [-0.39, 0.29) is 5.41 Å². The highest BCUT2D eigenvalue weighted by molar-refractivity contribution is 6.10. The average Bonchev–Trinajstić information content (AvgIpc) is 3.03. The summed E-state index contributed by atoms with van der Waals surface area (Å²) in [5.74, 6) is 0. The highest BCUT2D eigenvalue weighted by Crippen LogP contribution is 2.63. The topological polar surface area (TPSA) is 6.48 Å². The standard InChI is InChI=1S/C39H30N2/c1-39(2)32-20-12-13-21-34(32)41-36-26-29(27-14-6-3-7-15-27)22-25-35(36)40(30-18-10-5-11-19-30)37-31(23-24-33(39)38(37)41)28-16-8-4-9-17-28/h3-26H,1-2H3. The van der Waals surface area contributed by atoms with Crippen LogP contribution in [0.25, 0.3) is 22.3 Å². The van der Waals surface area contributed by atoms with Crippen LogP contribution in [0, 0.1) is 0 Å². The van der Waals surface area contributed by atoms with Gasteiger partial charge in [-0.3, -0.25) is 0 Å². The zero-order valence-electron chi connectivity index (χ0n) is 23.3. The minimum absolute atomic E-state index is 0.163. The number of anilines is 6. The fourth-order valence-corrected chi connectivity index (χ4v) is 6.77. The molecule has 196 valence electrons. The van der Waals surface area contributed by atoms with Gasteiger partial charge in [-0.15, -0.1) is 0 Å². The number of benzene rings is 6. The number of rotatable bonds is 3. The van der Waals surface area contributed by atoms with Gasteiger partial charge in [0.15, 0.2) is 0 Å². The number of fused-ring (bicyclic) bond motifs is 4. The Morgan fingerprint density at radius 1 is 0.415 bits per heavy atom. The maximum Gasteiger partial charge on any atom is 0.0785 e. The molecule has 0 saturated carbocycles. The molecule has 0 aliphatic carbocycles. The number of nitrogens with zero attached hydrogens (tertiary/aromatic N) is 2. The predicted octanol–water partition coefficient (Wildman–Crippen LogP) is 10.9. The van der Waals surface area contributed by atoms with E-state index in [1.54, 1.807) is 0 Å². The van der Waals surface area contributed by atoms with Gasteiger partial charge in [-0.2, -0.15) is 0 Å². The molecule has 0 spiro atoms. The Hall–Kier alpha value is -5.08. The normalized spacial score (nSPS) is 14.2. The molecule has 8 rings (SSSR count). The molecule has 41 heavy (non-hydrogen) atoms. The number of hydrogen-bond acceptors (Lipinski definition) is 2. The van der Waals surface area contributed by atoms with E-state index in [4.69, 9.17) is 0 Å². The Morgan fingerprint density at radius 3 is 1.78 bits per heavy atom. The molecule has 2 nitrogen and oxygen atoms in total. The Kier molecular flexibility index (Phi) is 5.20. The maximum absolute atomic E-state index is 2.53. The van der Waals surface area contributed by atoms with Crippen molar-refractivity contribution in [1.29, 1.82) is 0 Å². The van der Waals surface area contributed by atoms with Crippen molar-refractivity contribution in [2.24, 2.45) is 0 Å². The first-order valence-corrected chi connectivity index (χ1v) is 14.3. The molecule has 2 heterocycles. The molecule has 2 heteroatoms. The monoisotopic (exact) mass is 526 g/mol. The van der Waals surface area contributed by atoms with Gasteiger partial charge < -0.3 is 9.80 Å². The van der Waals surface area contributed by atoms with Crippen molar-refractivity contribution < 1.29 is 0 Å². The number of hydrogen-bond donors (Lipinski definition) is 0. The first-order valence-electron chi connectivity index (χ1n) is 14.3. The Bertz CT molecular complexity index is 1910. The molecule has 0 atom stereocenters. The fraction of sp³-hybridized carbons (Fsp3) is 0.0769. The van der Waals surface area contributed by atoms with Gasteiger partial charge in [0.2, 0.25) is 0 Å². The molecule has 0 aromatic heterocycles. The molecule has 6 aromatic rings. The second kappa shape index (κ2) is 8.97. The van der Waals surface area contributed by atoms with Gasteiger partial charge in [0.05, 0.1) is 28.4 Å². The van der Waals surface area contributed by atoms with Gasteiger partial charge in [-0.1, -0.05) is 129 Å². The maximum atomic E-state index is 2.53. The largest absolute Gasteiger partial charge is 0.306 e. The summed E-state index contributed by atoms with van der Waals surface area (Å²) in [6.07, 6.45) is 0. The summed E-state index contributed by atoms with van der Waals surface area (Å²) in [6.45, 7) is 4.73. The Morgan fingerprint density at radius 2 is 1.05 bits per heavy atom.